The van der Waals surface area contributed by atoms with Crippen LogP contribution in [0.15, 0.2) is 60.7 Å². The molecule has 0 spiro atoms. The maximum Gasteiger partial charge on any atom is 0.306 e. The number of pyridine rings is 1. The van der Waals surface area contributed by atoms with Crippen molar-refractivity contribution in [2.24, 2.45) is 0 Å². The van der Waals surface area contributed by atoms with Crippen LogP contribution < -0.4 is 14.4 Å². The molecule has 39 heavy (non-hydrogen) atoms. The van der Waals surface area contributed by atoms with Gasteiger partial charge in [0.15, 0.2) is 0 Å². The lowest BCUT2D eigenvalue weighted by Gasteiger charge is -2.22. The monoisotopic (exact) mass is 549 g/mol. The van der Waals surface area contributed by atoms with Crippen molar-refractivity contribution in [3.05, 3.63) is 66.2 Å². The van der Waals surface area contributed by atoms with Crippen molar-refractivity contribution in [1.82, 2.24) is 4.98 Å². The van der Waals surface area contributed by atoms with Crippen LogP contribution in [-0.2, 0) is 24.3 Å². The lowest BCUT2D eigenvalue weighted by Crippen LogP contribution is -2.36. The molecule has 0 saturated heterocycles. The Morgan fingerprint density at radius 1 is 1.00 bits per heavy atom. The first kappa shape index (κ1) is 27.8. The fraction of sp³-hybridized carbons (Fsp3) is 0.276. The zero-order valence-electron chi connectivity index (χ0n) is 22.4. The molecule has 0 bridgehead atoms. The van der Waals surface area contributed by atoms with Gasteiger partial charge in [-0.15, -0.1) is 0 Å². The molecule has 3 aromatic carbocycles. The number of benzene rings is 3. The summed E-state index contributed by atoms with van der Waals surface area (Å²) in [4.78, 5) is 29.6. The van der Waals surface area contributed by atoms with Gasteiger partial charge in [-0.3, -0.25) is 9.59 Å². The van der Waals surface area contributed by atoms with Crippen molar-refractivity contribution in [3.63, 3.8) is 0 Å². The van der Waals surface area contributed by atoms with E-state index in [1.165, 1.54) is 19.2 Å². The second-order valence-electron chi connectivity index (χ2n) is 9.13. The van der Waals surface area contributed by atoms with Crippen molar-refractivity contribution >= 4 is 60.8 Å². The molecule has 1 aromatic heterocycles. The topological polar surface area (TPSA) is 115 Å². The standard InChI is InChI=1S/C29H31N3O6S/c1-5-17-38-27(34)16-15-26(33)32(39(4,35)36)20-13-14-24(25(18-20)37-3)31-29-21-10-6-7-12-23(21)30-28-19(2)9-8-11-22(28)29/h6-14,18H,5,15-17H2,1-4H3,(H,30,31). The molecule has 0 aliphatic carbocycles. The van der Waals surface area contributed by atoms with Crippen LogP contribution in [0.2, 0.25) is 0 Å². The molecule has 0 radical (unpaired) electrons. The van der Waals surface area contributed by atoms with Gasteiger partial charge in [0.1, 0.15) is 5.75 Å². The Bertz CT molecular complexity index is 1650. The number of aryl methyl sites for hydroxylation is 1. The maximum atomic E-state index is 12.9. The number of carbonyl (C=O) groups is 2. The predicted octanol–water partition coefficient (Wildman–Crippen LogP) is 5.47. The Hall–Kier alpha value is -4.18. The summed E-state index contributed by atoms with van der Waals surface area (Å²) in [7, 11) is -2.53. The number of sulfonamides is 1. The zero-order chi connectivity index (χ0) is 28.2. The fourth-order valence-electron chi connectivity index (χ4n) is 4.36. The number of methoxy groups -OCH3 is 1. The summed E-state index contributed by atoms with van der Waals surface area (Å²) in [5, 5.41) is 5.28. The second-order valence-corrected chi connectivity index (χ2v) is 11.0. The third-order valence-corrected chi connectivity index (χ3v) is 7.24. The van der Waals surface area contributed by atoms with Crippen LogP contribution >= 0.6 is 0 Å². The number of ether oxygens (including phenoxy) is 2. The van der Waals surface area contributed by atoms with E-state index in [2.05, 4.69) is 5.32 Å². The maximum absolute atomic E-state index is 12.9. The minimum atomic E-state index is -3.99. The van der Waals surface area contributed by atoms with Crippen LogP contribution in [0.5, 0.6) is 5.75 Å². The minimum absolute atomic E-state index is 0.104. The highest BCUT2D eigenvalue weighted by atomic mass is 32.2. The number of hydrogen-bond donors (Lipinski definition) is 1. The number of nitrogens with one attached hydrogen (secondary N) is 1. The van der Waals surface area contributed by atoms with E-state index in [9.17, 15) is 18.0 Å². The Kier molecular flexibility index (Phi) is 8.35. The Morgan fingerprint density at radius 2 is 1.74 bits per heavy atom. The molecular formula is C29H31N3O6S. The summed E-state index contributed by atoms with van der Waals surface area (Å²) in [5.41, 5.74) is 4.22. The molecule has 0 saturated carbocycles. The smallest absolute Gasteiger partial charge is 0.306 e. The number of rotatable bonds is 10. The molecule has 0 unspecified atom stereocenters. The average Bonchev–Trinajstić information content (AvgIpc) is 2.91. The summed E-state index contributed by atoms with van der Waals surface area (Å²) in [6.45, 7) is 4.11. The summed E-state index contributed by atoms with van der Waals surface area (Å²) in [6, 6.07) is 18.4. The first-order valence-electron chi connectivity index (χ1n) is 12.6. The van der Waals surface area contributed by atoms with E-state index in [-0.39, 0.29) is 25.1 Å². The highest BCUT2D eigenvalue weighted by molar-refractivity contribution is 7.92. The lowest BCUT2D eigenvalue weighted by molar-refractivity contribution is -0.144. The van der Waals surface area contributed by atoms with Gasteiger partial charge < -0.3 is 14.8 Å². The van der Waals surface area contributed by atoms with Gasteiger partial charge in [-0.1, -0.05) is 43.3 Å². The van der Waals surface area contributed by atoms with Crippen molar-refractivity contribution in [1.29, 1.82) is 0 Å². The van der Waals surface area contributed by atoms with E-state index in [0.717, 1.165) is 39.3 Å². The average molecular weight is 550 g/mol. The van der Waals surface area contributed by atoms with Crippen LogP contribution in [0.25, 0.3) is 21.8 Å². The second kappa shape index (κ2) is 11.7. The molecule has 0 fully saturated rings. The molecule has 10 heteroatoms. The highest BCUT2D eigenvalue weighted by Gasteiger charge is 2.27. The first-order valence-corrected chi connectivity index (χ1v) is 14.4. The predicted molar refractivity (Wildman–Crippen MR) is 153 cm³/mol. The van der Waals surface area contributed by atoms with Gasteiger partial charge in [-0.05, 0) is 37.1 Å². The highest BCUT2D eigenvalue weighted by Crippen LogP contribution is 2.38. The van der Waals surface area contributed by atoms with Gasteiger partial charge in [0.2, 0.25) is 15.9 Å². The van der Waals surface area contributed by atoms with Crippen LogP contribution in [0.4, 0.5) is 17.1 Å². The van der Waals surface area contributed by atoms with E-state index in [4.69, 9.17) is 14.5 Å². The van der Waals surface area contributed by atoms with Crippen LogP contribution in [0.3, 0.4) is 0 Å². The van der Waals surface area contributed by atoms with E-state index in [1.807, 2.05) is 56.3 Å². The molecule has 204 valence electrons. The number of anilines is 3. The van der Waals surface area contributed by atoms with Crippen molar-refractivity contribution in [3.8, 4) is 5.75 Å². The minimum Gasteiger partial charge on any atom is -0.494 e. The van der Waals surface area contributed by atoms with Crippen molar-refractivity contribution in [2.45, 2.75) is 33.1 Å². The molecular weight excluding hydrogens is 518 g/mol. The summed E-state index contributed by atoms with van der Waals surface area (Å²) >= 11 is 0. The SMILES string of the molecule is CCCOC(=O)CCC(=O)N(c1ccc(Nc2c3ccccc3nc3c(C)cccc23)c(OC)c1)S(C)(=O)=O. The number of nitrogens with zero attached hydrogens (tertiary/aromatic N) is 2. The quantitative estimate of drug-likeness (QED) is 0.204. The van der Waals surface area contributed by atoms with Crippen molar-refractivity contribution < 1.29 is 27.5 Å². The number of fused-ring (bicyclic) bond motifs is 2. The molecule has 0 atom stereocenters. The fourth-order valence-corrected chi connectivity index (χ4v) is 5.31. The van der Waals surface area contributed by atoms with Crippen LogP contribution in [-0.4, -0.2) is 45.3 Å². The first-order chi connectivity index (χ1) is 18.6. The van der Waals surface area contributed by atoms with Crippen LogP contribution in [0, 0.1) is 6.92 Å². The summed E-state index contributed by atoms with van der Waals surface area (Å²) in [6.07, 6.45) is 1.06. The van der Waals surface area contributed by atoms with E-state index < -0.39 is 21.9 Å². The molecule has 4 aromatic rings. The number of carbonyl (C=O) groups excluding carboxylic acids is 2. The van der Waals surface area contributed by atoms with Gasteiger partial charge in [0, 0.05) is 23.3 Å². The zero-order valence-corrected chi connectivity index (χ0v) is 23.2. The number of amides is 1. The van der Waals surface area contributed by atoms with E-state index in [0.29, 0.717) is 22.2 Å². The van der Waals surface area contributed by atoms with Gasteiger partial charge in [-0.2, -0.15) is 0 Å². The number of esters is 1. The molecule has 0 aliphatic heterocycles. The van der Waals surface area contributed by atoms with Gasteiger partial charge >= 0.3 is 5.97 Å². The van der Waals surface area contributed by atoms with E-state index in [1.54, 1.807) is 6.07 Å². The lowest BCUT2D eigenvalue weighted by atomic mass is 10.0. The molecule has 1 heterocycles. The third-order valence-electron chi connectivity index (χ3n) is 6.16. The molecule has 9 nitrogen and oxygen atoms in total. The number of hydrogen-bond acceptors (Lipinski definition) is 8. The molecule has 0 aliphatic rings. The van der Waals surface area contributed by atoms with E-state index >= 15 is 0 Å². The van der Waals surface area contributed by atoms with Crippen molar-refractivity contribution in [2.75, 3.05) is 29.6 Å². The third kappa shape index (κ3) is 6.12. The Morgan fingerprint density at radius 3 is 2.46 bits per heavy atom. The normalized spacial score (nSPS) is 11.4. The molecule has 1 N–H and O–H groups in total. The Labute approximate surface area is 227 Å². The van der Waals surface area contributed by atoms with Gasteiger partial charge in [0.05, 0.1) is 54.5 Å². The Balaban J connectivity index is 1.71. The number of para-hydroxylation sites is 2. The number of aromatic nitrogens is 1. The summed E-state index contributed by atoms with van der Waals surface area (Å²) < 4.78 is 36.5. The van der Waals surface area contributed by atoms with Gasteiger partial charge in [0.25, 0.3) is 0 Å². The molecule has 4 rings (SSSR count). The molecule has 1 amide bonds. The largest absolute Gasteiger partial charge is 0.494 e. The van der Waals surface area contributed by atoms with Crippen LogP contribution in [0.1, 0.15) is 31.7 Å². The van der Waals surface area contributed by atoms with Gasteiger partial charge in [-0.25, -0.2) is 17.7 Å². The summed E-state index contributed by atoms with van der Waals surface area (Å²) in [5.74, 6) is -0.962.